The second-order valence-corrected chi connectivity index (χ2v) is 24.9. The molecule has 2 bridgehead atoms. The molecule has 1 atom stereocenters. The summed E-state index contributed by atoms with van der Waals surface area (Å²) in [6.45, 7) is 11.4. The van der Waals surface area contributed by atoms with Gasteiger partial charge in [-0.25, -0.2) is 0 Å². The molecule has 1 unspecified atom stereocenters. The van der Waals surface area contributed by atoms with Crippen molar-refractivity contribution in [2.24, 2.45) is 0 Å². The van der Waals surface area contributed by atoms with Gasteiger partial charge in [0.25, 0.3) is 0 Å². The van der Waals surface area contributed by atoms with Crippen molar-refractivity contribution in [1.29, 1.82) is 0 Å². The molecule has 1 aromatic heterocycles. The molecule has 6 rings (SSSR count). The quantitative estimate of drug-likeness (QED) is 0.0918. The first-order valence-corrected chi connectivity index (χ1v) is 23.2. The van der Waals surface area contributed by atoms with E-state index in [9.17, 15) is 13.2 Å². The third-order valence-corrected chi connectivity index (χ3v) is 22.1. The molecular weight excluding hydrogens is 688 g/mol. The Hall–Kier alpha value is -3.90. The minimum atomic E-state index is -4.91. The number of hydrogen-bond donors (Lipinski definition) is 0. The first kappa shape index (κ1) is 35.9. The van der Waals surface area contributed by atoms with E-state index >= 15 is 0 Å². The van der Waals surface area contributed by atoms with E-state index in [2.05, 4.69) is 45.4 Å². The van der Waals surface area contributed by atoms with Gasteiger partial charge in [-0.2, -0.15) is 0 Å². The summed E-state index contributed by atoms with van der Waals surface area (Å²) in [5.41, 5.74) is 0.773. The molecule has 50 heavy (non-hydrogen) atoms. The molecule has 1 fully saturated rings. The molecule has 10 nitrogen and oxygen atoms in total. The molecule has 264 valence electrons. The van der Waals surface area contributed by atoms with E-state index in [-0.39, 0.29) is 24.3 Å². The predicted octanol–water partition coefficient (Wildman–Crippen LogP) is 6.19. The Labute approximate surface area is 296 Å². The van der Waals surface area contributed by atoms with E-state index in [1.165, 1.54) is 0 Å². The number of rotatable bonds is 13. The van der Waals surface area contributed by atoms with Crippen molar-refractivity contribution in [1.82, 2.24) is 19.5 Å². The second kappa shape index (κ2) is 13.3. The van der Waals surface area contributed by atoms with Crippen LogP contribution in [0.4, 0.5) is 4.79 Å². The van der Waals surface area contributed by atoms with Gasteiger partial charge in [-0.1, -0.05) is 20.8 Å². The number of urea groups is 1. The van der Waals surface area contributed by atoms with Crippen LogP contribution in [0.2, 0.25) is 18.1 Å². The maximum atomic E-state index is 14.5. The van der Waals surface area contributed by atoms with Gasteiger partial charge in [0.2, 0.25) is 0 Å². The molecule has 0 N–H and O–H groups in total. The summed E-state index contributed by atoms with van der Waals surface area (Å²) in [5.74, 6) is 0.704. The van der Waals surface area contributed by atoms with Gasteiger partial charge in [-0.05, 0) is 18.1 Å². The molecule has 3 heterocycles. The normalized spacial score (nSPS) is 17.7. The average molecular weight is 733 g/mol. The van der Waals surface area contributed by atoms with E-state index in [1.54, 1.807) is 17.2 Å². The molecule has 13 heteroatoms. The van der Waals surface area contributed by atoms with Crippen molar-refractivity contribution >= 4 is 53.2 Å². The topological polar surface area (TPSA) is 103 Å². The molecule has 0 radical (unpaired) electrons. The summed E-state index contributed by atoms with van der Waals surface area (Å²) in [7, 11) is -6.96. The van der Waals surface area contributed by atoms with Crippen LogP contribution in [0.1, 0.15) is 26.6 Å². The van der Waals surface area contributed by atoms with E-state index in [1.807, 2.05) is 108 Å². The number of hydroxylamine groups is 2. The zero-order valence-electron chi connectivity index (χ0n) is 29.2. The Bertz CT molecular complexity index is 1900. The molecule has 4 aromatic rings. The minimum absolute atomic E-state index is 0.0310. The summed E-state index contributed by atoms with van der Waals surface area (Å²) in [6, 6.07) is 26.8. The monoisotopic (exact) mass is 732 g/mol. The number of amides is 2. The Morgan fingerprint density at radius 3 is 1.98 bits per heavy atom. The molecule has 3 aromatic carbocycles. The van der Waals surface area contributed by atoms with Gasteiger partial charge < -0.3 is 0 Å². The summed E-state index contributed by atoms with van der Waals surface area (Å²) >= 11 is 0. The zero-order chi connectivity index (χ0) is 35.8. The summed E-state index contributed by atoms with van der Waals surface area (Å²) in [5, 5.41) is 2.96. The SMILES string of the molecule is C=CCP(OS(=O)(=O)ON1C(=O)N2CC(n3ccnc3CO[Si](C)(C)C(C)(C)C)=CC1C2)(c1ccccc1)(c1ccccc1)c1ccccc1. The third-order valence-electron chi connectivity index (χ3n) is 10.1. The molecule has 1 saturated heterocycles. The van der Waals surface area contributed by atoms with Crippen LogP contribution in [0, 0.1) is 0 Å². The third kappa shape index (κ3) is 6.29. The zero-order valence-corrected chi connectivity index (χ0v) is 31.9. The van der Waals surface area contributed by atoms with Gasteiger partial charge in [0, 0.05) is 0 Å². The fraction of sp³-hybridized carbons (Fsp3) is 0.297. The number of benzene rings is 3. The number of fused-ring (bicyclic) bond motifs is 2. The number of aromatic nitrogens is 2. The van der Waals surface area contributed by atoms with E-state index in [0.717, 1.165) is 10.8 Å². The van der Waals surface area contributed by atoms with Crippen LogP contribution < -0.4 is 15.9 Å². The van der Waals surface area contributed by atoms with Crippen molar-refractivity contribution < 1.29 is 25.9 Å². The number of hydrogen-bond acceptors (Lipinski definition) is 7. The Kier molecular flexibility index (Phi) is 9.58. The average Bonchev–Trinajstić information content (AvgIpc) is 3.66. The number of allylic oxidation sites excluding steroid dienone is 1. The molecule has 0 saturated carbocycles. The van der Waals surface area contributed by atoms with E-state index in [4.69, 9.17) is 12.7 Å². The molecular formula is C37H45N4O6PSSi. The fourth-order valence-electron chi connectivity index (χ4n) is 6.50. The van der Waals surface area contributed by atoms with E-state index < -0.39 is 37.6 Å². The van der Waals surface area contributed by atoms with Crippen LogP contribution in [-0.4, -0.2) is 67.6 Å². The van der Waals surface area contributed by atoms with Crippen LogP contribution >= 0.6 is 6.83 Å². The summed E-state index contributed by atoms with van der Waals surface area (Å²) in [6.07, 6.45) is 7.22. The predicted molar refractivity (Wildman–Crippen MR) is 202 cm³/mol. The first-order chi connectivity index (χ1) is 23.7. The van der Waals surface area contributed by atoms with Gasteiger partial charge in [0.05, 0.1) is 0 Å². The second-order valence-electron chi connectivity index (χ2n) is 14.2. The molecule has 2 aliphatic rings. The number of carbonyl (C=O) groups excluding carboxylic acids is 1. The fourth-order valence-corrected chi connectivity index (χ4v) is 15.2. The number of imidazole rings is 1. The molecule has 0 spiro atoms. The van der Waals surface area contributed by atoms with Crippen LogP contribution in [0.15, 0.2) is 122 Å². The van der Waals surface area contributed by atoms with Crippen LogP contribution in [0.5, 0.6) is 0 Å². The van der Waals surface area contributed by atoms with Gasteiger partial charge in [0.1, 0.15) is 0 Å². The van der Waals surface area contributed by atoms with Crippen LogP contribution in [0.25, 0.3) is 5.70 Å². The molecule has 2 amide bonds. The Morgan fingerprint density at radius 2 is 1.48 bits per heavy atom. The van der Waals surface area contributed by atoms with Crippen molar-refractivity contribution in [3.63, 3.8) is 0 Å². The number of carbonyl (C=O) groups is 1. The molecule has 2 aliphatic heterocycles. The summed E-state index contributed by atoms with van der Waals surface area (Å²) in [4.78, 5) is 19.8. The molecule has 0 aliphatic carbocycles. The van der Waals surface area contributed by atoms with Crippen LogP contribution in [-0.2, 0) is 29.7 Å². The van der Waals surface area contributed by atoms with Crippen molar-refractivity contribution in [2.75, 3.05) is 19.3 Å². The van der Waals surface area contributed by atoms with Crippen molar-refractivity contribution in [3.8, 4) is 0 Å². The Balaban J connectivity index is 1.37. The van der Waals surface area contributed by atoms with Gasteiger partial charge in [-0.3, -0.25) is 0 Å². The van der Waals surface area contributed by atoms with Gasteiger partial charge >= 0.3 is 258 Å². The van der Waals surface area contributed by atoms with Gasteiger partial charge in [0.15, 0.2) is 0 Å². The van der Waals surface area contributed by atoms with Crippen molar-refractivity contribution in [2.45, 2.75) is 51.6 Å². The standard InChI is InChI=1S/C37H45N4O6PSSi/c1-7-25-48(32-17-11-8-12-18-32,33-19-13-9-14-20-33,34-21-15-10-16-22-34)47-49(43,44)46-41-31-26-30(27-39(28-31)36(41)42)40-24-23-38-35(40)29-45-50(5,6)37(2,3)4/h7-24,26,31H,1,25,27-29H2,2-6H3. The van der Waals surface area contributed by atoms with Gasteiger partial charge in [-0.15, -0.1) is 0 Å². The summed E-state index contributed by atoms with van der Waals surface area (Å²) < 4.78 is 49.6. The Morgan fingerprint density at radius 1 is 0.940 bits per heavy atom. The number of nitrogens with zero attached hydrogens (tertiary/aromatic N) is 4. The maximum absolute atomic E-state index is 14.5. The van der Waals surface area contributed by atoms with E-state index in [0.29, 0.717) is 28.3 Å². The van der Waals surface area contributed by atoms with Crippen LogP contribution in [0.3, 0.4) is 0 Å². The van der Waals surface area contributed by atoms with Crippen molar-refractivity contribution in [3.05, 3.63) is 128 Å². The first-order valence-electron chi connectivity index (χ1n) is 16.6.